The molecule has 1 aliphatic heterocycles. The first kappa shape index (κ1) is 9.00. The van der Waals surface area contributed by atoms with Crippen LogP contribution in [0.1, 0.15) is 32.1 Å². The van der Waals surface area contributed by atoms with Crippen LogP contribution in [0.4, 0.5) is 0 Å². The van der Waals surface area contributed by atoms with E-state index < -0.39 is 0 Å². The molecule has 0 unspecified atom stereocenters. The van der Waals surface area contributed by atoms with Gasteiger partial charge >= 0.3 is 5.97 Å². The van der Waals surface area contributed by atoms with Gasteiger partial charge in [-0.05, 0) is 32.1 Å². The number of carbonyl (C=O) groups is 1. The number of hydrogen-bond acceptors (Lipinski definition) is 3. The Labute approximate surface area is 78.4 Å². The first-order valence-corrected chi connectivity index (χ1v) is 4.99. The summed E-state index contributed by atoms with van der Waals surface area (Å²) in [6.07, 6.45) is 5.14. The lowest BCUT2D eigenvalue weighted by Gasteiger charge is -2.36. The molecule has 2 fully saturated rings. The molecule has 2 atom stereocenters. The fourth-order valence-corrected chi connectivity index (χ4v) is 2.72. The van der Waals surface area contributed by atoms with Crippen molar-refractivity contribution in [1.29, 1.82) is 0 Å². The smallest absolute Gasteiger partial charge is 0.314 e. The van der Waals surface area contributed by atoms with Gasteiger partial charge in [-0.15, -0.1) is 0 Å². The third-order valence-corrected chi connectivity index (χ3v) is 3.38. The van der Waals surface area contributed by atoms with Gasteiger partial charge in [-0.3, -0.25) is 4.79 Å². The lowest BCUT2D eigenvalue weighted by Crippen LogP contribution is -2.44. The Morgan fingerprint density at radius 3 is 3.00 bits per heavy atom. The van der Waals surface area contributed by atoms with Crippen LogP contribution < -0.4 is 0 Å². The topological polar surface area (TPSA) is 35.5 Å². The van der Waals surface area contributed by atoms with Crippen molar-refractivity contribution in [3.63, 3.8) is 0 Å². The zero-order chi connectivity index (χ0) is 9.31. The highest BCUT2D eigenvalue weighted by atomic mass is 16.5. The predicted octanol–water partition coefficient (Wildman–Crippen LogP) is 1.51. The third-order valence-electron chi connectivity index (χ3n) is 3.38. The highest BCUT2D eigenvalue weighted by Gasteiger charge is 2.51. The van der Waals surface area contributed by atoms with Gasteiger partial charge in [0.25, 0.3) is 0 Å². The summed E-state index contributed by atoms with van der Waals surface area (Å²) < 4.78 is 10.5. The Bertz CT molecular complexity index is 214. The Kier molecular flexibility index (Phi) is 2.28. The number of methoxy groups -OCH3 is 1. The monoisotopic (exact) mass is 184 g/mol. The zero-order valence-corrected chi connectivity index (χ0v) is 8.04. The van der Waals surface area contributed by atoms with Gasteiger partial charge in [0, 0.05) is 6.61 Å². The van der Waals surface area contributed by atoms with Gasteiger partial charge in [-0.1, -0.05) is 0 Å². The minimum Gasteiger partial charge on any atom is -0.469 e. The summed E-state index contributed by atoms with van der Waals surface area (Å²) in [4.78, 5) is 11.7. The number of carbonyl (C=O) groups excluding carboxylic acids is 1. The lowest BCUT2D eigenvalue weighted by atomic mass is 9.78. The van der Waals surface area contributed by atoms with Crippen molar-refractivity contribution >= 4 is 5.97 Å². The second-order valence-electron chi connectivity index (χ2n) is 4.00. The van der Waals surface area contributed by atoms with Crippen LogP contribution in [-0.2, 0) is 14.3 Å². The number of ether oxygens (including phenoxy) is 2. The van der Waals surface area contributed by atoms with Crippen molar-refractivity contribution < 1.29 is 14.3 Å². The molecule has 2 rings (SSSR count). The van der Waals surface area contributed by atoms with E-state index in [0.29, 0.717) is 0 Å². The van der Waals surface area contributed by atoms with Crippen LogP contribution in [-0.4, -0.2) is 25.8 Å². The summed E-state index contributed by atoms with van der Waals surface area (Å²) in [7, 11) is 1.47. The van der Waals surface area contributed by atoms with Gasteiger partial charge < -0.3 is 9.47 Å². The highest BCUT2D eigenvalue weighted by Crippen LogP contribution is 2.47. The molecule has 1 heterocycles. The Balaban J connectivity index is 2.20. The first-order valence-electron chi connectivity index (χ1n) is 4.99. The van der Waals surface area contributed by atoms with Gasteiger partial charge in [0.1, 0.15) is 0 Å². The Morgan fingerprint density at radius 1 is 1.46 bits per heavy atom. The molecule has 0 radical (unpaired) electrons. The molecule has 0 bridgehead atoms. The van der Waals surface area contributed by atoms with Crippen LogP contribution in [0.25, 0.3) is 0 Å². The molecule has 3 heteroatoms. The van der Waals surface area contributed by atoms with E-state index in [1.165, 1.54) is 7.11 Å². The van der Waals surface area contributed by atoms with Gasteiger partial charge in [0.15, 0.2) is 0 Å². The molecule has 0 amide bonds. The van der Waals surface area contributed by atoms with E-state index in [9.17, 15) is 4.79 Å². The van der Waals surface area contributed by atoms with E-state index in [4.69, 9.17) is 9.47 Å². The van der Waals surface area contributed by atoms with Gasteiger partial charge in [-0.25, -0.2) is 0 Å². The normalized spacial score (nSPS) is 38.4. The van der Waals surface area contributed by atoms with Crippen molar-refractivity contribution in [2.45, 2.75) is 38.2 Å². The van der Waals surface area contributed by atoms with Crippen molar-refractivity contribution in [3.05, 3.63) is 0 Å². The summed E-state index contributed by atoms with van der Waals surface area (Å²) in [6.45, 7) is 0.809. The van der Waals surface area contributed by atoms with Gasteiger partial charge in [0.05, 0.1) is 18.6 Å². The second kappa shape index (κ2) is 3.29. The van der Waals surface area contributed by atoms with Crippen LogP contribution in [0.15, 0.2) is 0 Å². The summed E-state index contributed by atoms with van der Waals surface area (Å²) in [6, 6.07) is 0. The number of esters is 1. The quantitative estimate of drug-likeness (QED) is 0.579. The third kappa shape index (κ3) is 1.26. The standard InChI is InChI=1S/C10H16O3/c1-12-9(11)10-5-2-4-8(10)13-7-3-6-10/h8H,2-7H2,1H3/t8-,10-/m1/s1. The van der Waals surface area contributed by atoms with E-state index in [1.54, 1.807) is 0 Å². The molecule has 0 aromatic rings. The molecular formula is C10H16O3. The number of hydrogen-bond donors (Lipinski definition) is 0. The van der Waals surface area contributed by atoms with Gasteiger partial charge in [0.2, 0.25) is 0 Å². The van der Waals surface area contributed by atoms with Crippen LogP contribution >= 0.6 is 0 Å². The van der Waals surface area contributed by atoms with Crippen LogP contribution in [0.5, 0.6) is 0 Å². The SMILES string of the molecule is COC(=O)[C@]12CCCO[C@@H]1CCC2. The minimum atomic E-state index is -0.285. The van der Waals surface area contributed by atoms with Crippen LogP contribution in [0, 0.1) is 5.41 Å². The molecule has 0 N–H and O–H groups in total. The Hall–Kier alpha value is -0.570. The van der Waals surface area contributed by atoms with E-state index in [-0.39, 0.29) is 17.5 Å². The summed E-state index contributed by atoms with van der Waals surface area (Å²) in [5.74, 6) is -0.0605. The maximum absolute atomic E-state index is 11.7. The predicted molar refractivity (Wildman–Crippen MR) is 47.3 cm³/mol. The molecule has 0 spiro atoms. The molecule has 2 aliphatic rings. The average Bonchev–Trinajstić information content (AvgIpc) is 2.61. The van der Waals surface area contributed by atoms with E-state index in [2.05, 4.69) is 0 Å². The van der Waals surface area contributed by atoms with Crippen molar-refractivity contribution in [3.8, 4) is 0 Å². The fourth-order valence-electron chi connectivity index (χ4n) is 2.72. The molecule has 13 heavy (non-hydrogen) atoms. The number of fused-ring (bicyclic) bond motifs is 1. The maximum atomic E-state index is 11.7. The van der Waals surface area contributed by atoms with Gasteiger partial charge in [-0.2, -0.15) is 0 Å². The van der Waals surface area contributed by atoms with Crippen molar-refractivity contribution in [2.75, 3.05) is 13.7 Å². The van der Waals surface area contributed by atoms with E-state index in [1.807, 2.05) is 0 Å². The molecule has 1 aliphatic carbocycles. The average molecular weight is 184 g/mol. The summed E-state index contributed by atoms with van der Waals surface area (Å²) in [5, 5.41) is 0. The number of rotatable bonds is 1. The lowest BCUT2D eigenvalue weighted by molar-refractivity contribution is -0.167. The molecule has 1 saturated heterocycles. The molecule has 1 saturated carbocycles. The van der Waals surface area contributed by atoms with Crippen LogP contribution in [0.3, 0.4) is 0 Å². The van der Waals surface area contributed by atoms with Crippen LogP contribution in [0.2, 0.25) is 0 Å². The molecule has 0 aromatic carbocycles. The molecule has 3 nitrogen and oxygen atoms in total. The summed E-state index contributed by atoms with van der Waals surface area (Å²) >= 11 is 0. The minimum absolute atomic E-state index is 0.0605. The molecular weight excluding hydrogens is 168 g/mol. The van der Waals surface area contributed by atoms with Crippen molar-refractivity contribution in [2.24, 2.45) is 5.41 Å². The fraction of sp³-hybridized carbons (Fsp3) is 0.900. The molecule has 0 aromatic heterocycles. The zero-order valence-electron chi connectivity index (χ0n) is 8.04. The Morgan fingerprint density at radius 2 is 2.23 bits per heavy atom. The first-order chi connectivity index (χ1) is 6.29. The highest BCUT2D eigenvalue weighted by molar-refractivity contribution is 5.78. The maximum Gasteiger partial charge on any atom is 0.314 e. The van der Waals surface area contributed by atoms with E-state index in [0.717, 1.165) is 38.7 Å². The molecule has 74 valence electrons. The summed E-state index contributed by atoms with van der Waals surface area (Å²) in [5.41, 5.74) is -0.285. The second-order valence-corrected chi connectivity index (χ2v) is 4.00. The van der Waals surface area contributed by atoms with E-state index >= 15 is 0 Å². The largest absolute Gasteiger partial charge is 0.469 e. The van der Waals surface area contributed by atoms with Crippen molar-refractivity contribution in [1.82, 2.24) is 0 Å².